The molecule has 2 rings (SSSR count). The van der Waals surface area contributed by atoms with Crippen LogP contribution in [0.2, 0.25) is 10.0 Å². The first-order chi connectivity index (χ1) is 11.6. The average Bonchev–Trinajstić information content (AvgIpc) is 2.44. The van der Waals surface area contributed by atoms with Crippen LogP contribution in [0.15, 0.2) is 40.9 Å². The van der Waals surface area contributed by atoms with Crippen LogP contribution in [-0.2, 0) is 5.41 Å². The molecule has 7 heteroatoms. The lowest BCUT2D eigenvalue weighted by molar-refractivity contribution is 0.0977. The molecule has 0 aliphatic carbocycles. The summed E-state index contributed by atoms with van der Waals surface area (Å²) in [6.45, 7) is 6.34. The second-order valence-electron chi connectivity index (χ2n) is 6.51. The molecule has 25 heavy (non-hydrogen) atoms. The molecule has 2 aromatic rings. The Morgan fingerprint density at radius 1 is 1.08 bits per heavy atom. The Morgan fingerprint density at radius 3 is 2.20 bits per heavy atom. The van der Waals surface area contributed by atoms with Crippen LogP contribution in [0.5, 0.6) is 0 Å². The van der Waals surface area contributed by atoms with Gasteiger partial charge in [-0.1, -0.05) is 66.0 Å². The lowest BCUT2D eigenvalue weighted by atomic mass is 9.86. The van der Waals surface area contributed by atoms with E-state index in [2.05, 4.69) is 47.3 Å². The maximum atomic E-state index is 12.4. The zero-order valence-electron chi connectivity index (χ0n) is 13.9. The summed E-state index contributed by atoms with van der Waals surface area (Å²) in [6.07, 6.45) is 0. The molecule has 0 saturated carbocycles. The van der Waals surface area contributed by atoms with E-state index in [-0.39, 0.29) is 16.4 Å². The van der Waals surface area contributed by atoms with Crippen LogP contribution in [-0.4, -0.2) is 11.0 Å². The van der Waals surface area contributed by atoms with Gasteiger partial charge in [0.2, 0.25) is 0 Å². The Labute approximate surface area is 171 Å². The fourth-order valence-corrected chi connectivity index (χ4v) is 3.94. The first kappa shape index (κ1) is 20.2. The Morgan fingerprint density at radius 2 is 1.68 bits per heavy atom. The standard InChI is InChI=1S/C18H17BrCl2N2OS/c1-18(2,3)14-5-4-10(6-15(14)19)16(24)23-17(25)22-13-8-11(20)7-12(21)9-13/h4-9H,1-3H3,(H2,22,23,24,25). The summed E-state index contributed by atoms with van der Waals surface area (Å²) < 4.78 is 0.883. The second-order valence-corrected chi connectivity index (χ2v) is 8.65. The molecule has 0 bridgehead atoms. The van der Waals surface area contributed by atoms with Crippen molar-refractivity contribution in [3.63, 3.8) is 0 Å². The summed E-state index contributed by atoms with van der Waals surface area (Å²) in [5, 5.41) is 6.66. The number of nitrogens with one attached hydrogen (secondary N) is 2. The molecule has 0 aromatic heterocycles. The molecule has 0 saturated heterocycles. The van der Waals surface area contributed by atoms with E-state index in [0.29, 0.717) is 21.3 Å². The average molecular weight is 460 g/mol. The van der Waals surface area contributed by atoms with E-state index in [9.17, 15) is 4.79 Å². The van der Waals surface area contributed by atoms with Crippen LogP contribution in [0.4, 0.5) is 5.69 Å². The third-order valence-electron chi connectivity index (χ3n) is 3.39. The Balaban J connectivity index is 2.08. The number of rotatable bonds is 2. The van der Waals surface area contributed by atoms with Gasteiger partial charge in [0, 0.05) is 25.8 Å². The SMILES string of the molecule is CC(C)(C)c1ccc(C(=O)NC(=S)Nc2cc(Cl)cc(Cl)c2)cc1Br. The van der Waals surface area contributed by atoms with Crippen LogP contribution in [0.25, 0.3) is 0 Å². The van der Waals surface area contributed by atoms with Crippen molar-refractivity contribution in [3.05, 3.63) is 62.0 Å². The van der Waals surface area contributed by atoms with Crippen molar-refractivity contribution in [3.8, 4) is 0 Å². The smallest absolute Gasteiger partial charge is 0.257 e. The summed E-state index contributed by atoms with van der Waals surface area (Å²) >= 11 is 20.6. The molecule has 0 unspecified atom stereocenters. The van der Waals surface area contributed by atoms with Gasteiger partial charge in [-0.2, -0.15) is 0 Å². The van der Waals surface area contributed by atoms with Crippen molar-refractivity contribution in [2.24, 2.45) is 0 Å². The van der Waals surface area contributed by atoms with Crippen LogP contribution >= 0.6 is 51.3 Å². The molecular formula is C18H17BrCl2N2OS. The van der Waals surface area contributed by atoms with E-state index < -0.39 is 0 Å². The van der Waals surface area contributed by atoms with Crippen molar-refractivity contribution in [1.29, 1.82) is 0 Å². The molecule has 2 N–H and O–H groups in total. The number of hydrogen-bond acceptors (Lipinski definition) is 2. The minimum absolute atomic E-state index is 0.0173. The van der Waals surface area contributed by atoms with Gasteiger partial charge in [0.25, 0.3) is 5.91 Å². The molecule has 3 nitrogen and oxygen atoms in total. The summed E-state index contributed by atoms with van der Waals surface area (Å²) in [4.78, 5) is 12.4. The number of halogens is 3. The zero-order valence-corrected chi connectivity index (χ0v) is 17.8. The molecule has 0 aliphatic heterocycles. The highest BCUT2D eigenvalue weighted by atomic mass is 79.9. The molecule has 0 radical (unpaired) electrons. The number of carbonyl (C=O) groups excluding carboxylic acids is 1. The zero-order chi connectivity index (χ0) is 18.8. The number of amides is 1. The van der Waals surface area contributed by atoms with E-state index >= 15 is 0 Å². The van der Waals surface area contributed by atoms with E-state index in [1.807, 2.05) is 6.07 Å². The van der Waals surface area contributed by atoms with Gasteiger partial charge < -0.3 is 5.32 Å². The maximum Gasteiger partial charge on any atom is 0.257 e. The number of benzene rings is 2. The van der Waals surface area contributed by atoms with Crippen molar-refractivity contribution in [2.75, 3.05) is 5.32 Å². The highest BCUT2D eigenvalue weighted by Gasteiger charge is 2.18. The summed E-state index contributed by atoms with van der Waals surface area (Å²) in [7, 11) is 0. The monoisotopic (exact) mass is 458 g/mol. The molecule has 0 spiro atoms. The van der Waals surface area contributed by atoms with Gasteiger partial charge in [0.15, 0.2) is 5.11 Å². The number of hydrogen-bond donors (Lipinski definition) is 2. The third-order valence-corrected chi connectivity index (χ3v) is 4.68. The number of anilines is 1. The summed E-state index contributed by atoms with van der Waals surface area (Å²) in [6, 6.07) is 10.5. The Hall–Kier alpha value is -1.14. The van der Waals surface area contributed by atoms with Crippen molar-refractivity contribution in [2.45, 2.75) is 26.2 Å². The fraction of sp³-hybridized carbons (Fsp3) is 0.222. The van der Waals surface area contributed by atoms with E-state index in [0.717, 1.165) is 10.0 Å². The predicted octanol–water partition coefficient (Wildman–Crippen LogP) is 6.18. The number of thiocarbonyl (C=S) groups is 1. The van der Waals surface area contributed by atoms with Gasteiger partial charge in [0.1, 0.15) is 0 Å². The minimum Gasteiger partial charge on any atom is -0.332 e. The van der Waals surface area contributed by atoms with E-state index in [4.69, 9.17) is 35.4 Å². The molecule has 0 heterocycles. The molecule has 132 valence electrons. The summed E-state index contributed by atoms with van der Waals surface area (Å²) in [5.41, 5.74) is 2.22. The van der Waals surface area contributed by atoms with Crippen molar-refractivity contribution in [1.82, 2.24) is 5.32 Å². The topological polar surface area (TPSA) is 41.1 Å². The largest absolute Gasteiger partial charge is 0.332 e. The van der Waals surface area contributed by atoms with Crippen LogP contribution < -0.4 is 10.6 Å². The minimum atomic E-state index is -0.299. The van der Waals surface area contributed by atoms with Gasteiger partial charge in [-0.3, -0.25) is 10.1 Å². The molecule has 2 aromatic carbocycles. The lowest BCUT2D eigenvalue weighted by Gasteiger charge is -2.21. The highest BCUT2D eigenvalue weighted by Crippen LogP contribution is 2.30. The molecule has 0 aliphatic rings. The Kier molecular flexibility index (Phi) is 6.49. The summed E-state index contributed by atoms with van der Waals surface area (Å²) in [5.74, 6) is -0.299. The van der Waals surface area contributed by atoms with Crippen molar-refractivity contribution >= 4 is 68.1 Å². The van der Waals surface area contributed by atoms with Gasteiger partial charge in [0.05, 0.1) is 0 Å². The van der Waals surface area contributed by atoms with E-state index in [1.54, 1.807) is 30.3 Å². The van der Waals surface area contributed by atoms with Gasteiger partial charge in [-0.15, -0.1) is 0 Å². The van der Waals surface area contributed by atoms with Crippen LogP contribution in [0.3, 0.4) is 0 Å². The second kappa shape index (κ2) is 8.04. The normalized spacial score (nSPS) is 11.1. The Bertz CT molecular complexity index is 814. The highest BCUT2D eigenvalue weighted by molar-refractivity contribution is 9.10. The number of carbonyl (C=O) groups is 1. The maximum absolute atomic E-state index is 12.4. The first-order valence-corrected chi connectivity index (χ1v) is 9.40. The molecular weight excluding hydrogens is 443 g/mol. The molecule has 0 atom stereocenters. The van der Waals surface area contributed by atoms with Gasteiger partial charge >= 0.3 is 0 Å². The van der Waals surface area contributed by atoms with Crippen LogP contribution in [0.1, 0.15) is 36.7 Å². The lowest BCUT2D eigenvalue weighted by Crippen LogP contribution is -2.34. The quantitative estimate of drug-likeness (QED) is 0.526. The van der Waals surface area contributed by atoms with Crippen molar-refractivity contribution < 1.29 is 4.79 Å². The van der Waals surface area contributed by atoms with E-state index in [1.165, 1.54) is 0 Å². The third kappa shape index (κ3) is 5.68. The fourth-order valence-electron chi connectivity index (χ4n) is 2.23. The van der Waals surface area contributed by atoms with Crippen LogP contribution in [0, 0.1) is 0 Å². The molecule has 1 amide bonds. The van der Waals surface area contributed by atoms with Gasteiger partial charge in [-0.25, -0.2) is 0 Å². The first-order valence-electron chi connectivity index (χ1n) is 7.45. The molecule has 0 fully saturated rings. The van der Waals surface area contributed by atoms with Gasteiger partial charge in [-0.05, 0) is 53.5 Å². The predicted molar refractivity (Wildman–Crippen MR) is 113 cm³/mol.